The van der Waals surface area contributed by atoms with E-state index in [1.807, 2.05) is 54.6 Å². The molecule has 0 saturated heterocycles. The maximum absolute atomic E-state index is 12.2. The Morgan fingerprint density at radius 2 is 1.81 bits per heavy atom. The van der Waals surface area contributed by atoms with Gasteiger partial charge in [0.15, 0.2) is 0 Å². The third-order valence-corrected chi connectivity index (χ3v) is 4.44. The first kappa shape index (κ1) is 18.9. The summed E-state index contributed by atoms with van der Waals surface area (Å²) in [6, 6.07) is 16.8. The molecule has 0 atom stereocenters. The van der Waals surface area contributed by atoms with Gasteiger partial charge in [0.1, 0.15) is 11.5 Å². The van der Waals surface area contributed by atoms with Crippen molar-refractivity contribution in [3.63, 3.8) is 0 Å². The Kier molecular flexibility index (Phi) is 6.43. The molecule has 0 aliphatic heterocycles. The van der Waals surface area contributed by atoms with Crippen LogP contribution in [0.4, 0.5) is 5.69 Å². The van der Waals surface area contributed by atoms with Crippen LogP contribution in [-0.2, 0) is 11.3 Å². The van der Waals surface area contributed by atoms with Gasteiger partial charge in [-0.15, -0.1) is 5.10 Å². The van der Waals surface area contributed by atoms with E-state index in [1.165, 1.54) is 11.8 Å². The number of nitrogens with one attached hydrogen (secondary N) is 1. The van der Waals surface area contributed by atoms with E-state index in [4.69, 9.17) is 4.74 Å². The van der Waals surface area contributed by atoms with Gasteiger partial charge in [-0.3, -0.25) is 4.79 Å². The molecule has 0 unspecified atom stereocenters. The van der Waals surface area contributed by atoms with Crippen LogP contribution in [0.2, 0.25) is 0 Å². The highest BCUT2D eigenvalue weighted by Gasteiger charge is 2.11. The van der Waals surface area contributed by atoms with Crippen LogP contribution < -0.4 is 10.1 Å². The van der Waals surface area contributed by atoms with Crippen molar-refractivity contribution < 1.29 is 9.53 Å². The molecule has 1 amide bonds. The summed E-state index contributed by atoms with van der Waals surface area (Å²) in [6.07, 6.45) is 0. The highest BCUT2D eigenvalue weighted by atomic mass is 32.2. The van der Waals surface area contributed by atoms with Crippen molar-refractivity contribution in [1.82, 2.24) is 20.2 Å². The second kappa shape index (κ2) is 9.18. The Hall–Kier alpha value is -2.87. The first-order valence-electron chi connectivity index (χ1n) is 8.62. The summed E-state index contributed by atoms with van der Waals surface area (Å²) in [6.45, 7) is 4.90. The standard InChI is InChI=1S/C19H21N5O2S/c1-14(2)12-24-19(21-22-23-24)27-13-18(25)20-15-8-10-17(11-9-15)26-16-6-4-3-5-7-16/h3-11,14H,12-13H2,1-2H3,(H,20,25). The molecule has 8 heteroatoms. The number of tetrazole rings is 1. The van der Waals surface area contributed by atoms with Crippen LogP contribution in [0.5, 0.6) is 11.5 Å². The predicted molar refractivity (Wildman–Crippen MR) is 105 cm³/mol. The number of hydrogen-bond acceptors (Lipinski definition) is 6. The van der Waals surface area contributed by atoms with Crippen LogP contribution in [0.1, 0.15) is 13.8 Å². The summed E-state index contributed by atoms with van der Waals surface area (Å²) in [4.78, 5) is 12.2. The number of carbonyl (C=O) groups is 1. The fraction of sp³-hybridized carbons (Fsp3) is 0.263. The number of carbonyl (C=O) groups excluding carboxylic acids is 1. The van der Waals surface area contributed by atoms with Crippen molar-refractivity contribution >= 4 is 23.4 Å². The number of benzene rings is 2. The number of para-hydroxylation sites is 1. The Morgan fingerprint density at radius 3 is 2.52 bits per heavy atom. The molecule has 7 nitrogen and oxygen atoms in total. The van der Waals surface area contributed by atoms with Crippen LogP contribution in [-0.4, -0.2) is 31.9 Å². The van der Waals surface area contributed by atoms with Crippen molar-refractivity contribution in [3.8, 4) is 11.5 Å². The summed E-state index contributed by atoms with van der Waals surface area (Å²) >= 11 is 1.32. The highest BCUT2D eigenvalue weighted by molar-refractivity contribution is 7.99. The van der Waals surface area contributed by atoms with E-state index in [2.05, 4.69) is 34.7 Å². The third-order valence-electron chi connectivity index (χ3n) is 3.49. The molecule has 0 radical (unpaired) electrons. The molecule has 0 aliphatic carbocycles. The lowest BCUT2D eigenvalue weighted by molar-refractivity contribution is -0.113. The lowest BCUT2D eigenvalue weighted by Crippen LogP contribution is -2.15. The minimum absolute atomic E-state index is 0.115. The summed E-state index contributed by atoms with van der Waals surface area (Å²) < 4.78 is 7.46. The van der Waals surface area contributed by atoms with E-state index in [9.17, 15) is 4.79 Å². The minimum Gasteiger partial charge on any atom is -0.457 e. The average Bonchev–Trinajstić information content (AvgIpc) is 3.09. The van der Waals surface area contributed by atoms with E-state index in [0.717, 1.165) is 12.3 Å². The van der Waals surface area contributed by atoms with Crippen molar-refractivity contribution in [2.75, 3.05) is 11.1 Å². The molecule has 0 bridgehead atoms. The molecule has 27 heavy (non-hydrogen) atoms. The zero-order valence-electron chi connectivity index (χ0n) is 15.2. The van der Waals surface area contributed by atoms with Gasteiger partial charge in [-0.05, 0) is 52.7 Å². The fourth-order valence-corrected chi connectivity index (χ4v) is 3.01. The molecule has 0 aliphatic rings. The number of thioether (sulfide) groups is 1. The summed E-state index contributed by atoms with van der Waals surface area (Å²) in [5.41, 5.74) is 0.711. The Labute approximate surface area is 162 Å². The number of aromatic nitrogens is 4. The Morgan fingerprint density at radius 1 is 1.11 bits per heavy atom. The molecule has 0 fully saturated rings. The van der Waals surface area contributed by atoms with Crippen molar-refractivity contribution in [2.24, 2.45) is 5.92 Å². The topological polar surface area (TPSA) is 81.9 Å². The number of anilines is 1. The number of amides is 1. The van der Waals surface area contributed by atoms with Gasteiger partial charge in [-0.25, -0.2) is 4.68 Å². The van der Waals surface area contributed by atoms with Gasteiger partial charge < -0.3 is 10.1 Å². The van der Waals surface area contributed by atoms with E-state index >= 15 is 0 Å². The van der Waals surface area contributed by atoms with Crippen molar-refractivity contribution in [2.45, 2.75) is 25.5 Å². The summed E-state index contributed by atoms with van der Waals surface area (Å²) in [7, 11) is 0. The highest BCUT2D eigenvalue weighted by Crippen LogP contribution is 2.23. The van der Waals surface area contributed by atoms with E-state index in [-0.39, 0.29) is 11.7 Å². The van der Waals surface area contributed by atoms with Gasteiger partial charge >= 0.3 is 0 Å². The molecule has 0 saturated carbocycles. The maximum atomic E-state index is 12.2. The molecular formula is C19H21N5O2S. The number of ether oxygens (including phenoxy) is 1. The largest absolute Gasteiger partial charge is 0.457 e. The van der Waals surface area contributed by atoms with Crippen LogP contribution in [0.3, 0.4) is 0 Å². The SMILES string of the molecule is CC(C)Cn1nnnc1SCC(=O)Nc1ccc(Oc2ccccc2)cc1. The monoisotopic (exact) mass is 383 g/mol. The zero-order valence-corrected chi connectivity index (χ0v) is 16.0. The zero-order chi connectivity index (χ0) is 19.1. The first-order valence-corrected chi connectivity index (χ1v) is 9.60. The molecule has 0 spiro atoms. The average molecular weight is 383 g/mol. The number of hydrogen-bond donors (Lipinski definition) is 1. The molecule has 3 rings (SSSR count). The predicted octanol–water partition coefficient (Wildman–Crippen LogP) is 3.85. The molecule has 2 aromatic carbocycles. The van der Waals surface area contributed by atoms with Gasteiger partial charge in [0.25, 0.3) is 0 Å². The van der Waals surface area contributed by atoms with E-state index in [0.29, 0.717) is 22.5 Å². The second-order valence-corrected chi connectivity index (χ2v) is 7.26. The molecule has 140 valence electrons. The second-order valence-electron chi connectivity index (χ2n) is 6.31. The van der Waals surface area contributed by atoms with Crippen LogP contribution in [0.25, 0.3) is 0 Å². The van der Waals surface area contributed by atoms with Gasteiger partial charge in [0.05, 0.1) is 5.75 Å². The quantitative estimate of drug-likeness (QED) is 0.595. The summed E-state index contributed by atoms with van der Waals surface area (Å²) in [5.74, 6) is 2.03. The Balaban J connectivity index is 1.50. The minimum atomic E-state index is -0.115. The number of rotatable bonds is 8. The van der Waals surface area contributed by atoms with Gasteiger partial charge in [0, 0.05) is 12.2 Å². The van der Waals surface area contributed by atoms with Crippen LogP contribution in [0.15, 0.2) is 59.8 Å². The lowest BCUT2D eigenvalue weighted by Gasteiger charge is -2.08. The molecular weight excluding hydrogens is 362 g/mol. The van der Waals surface area contributed by atoms with Crippen LogP contribution in [0, 0.1) is 5.92 Å². The van der Waals surface area contributed by atoms with Crippen molar-refractivity contribution in [1.29, 1.82) is 0 Å². The van der Waals surface area contributed by atoms with Crippen molar-refractivity contribution in [3.05, 3.63) is 54.6 Å². The van der Waals surface area contributed by atoms with Gasteiger partial charge in [-0.2, -0.15) is 0 Å². The molecule has 1 N–H and O–H groups in total. The van der Waals surface area contributed by atoms with Gasteiger partial charge in [-0.1, -0.05) is 43.8 Å². The van der Waals surface area contributed by atoms with Gasteiger partial charge in [0.2, 0.25) is 11.1 Å². The maximum Gasteiger partial charge on any atom is 0.234 e. The smallest absolute Gasteiger partial charge is 0.234 e. The van der Waals surface area contributed by atoms with Crippen LogP contribution >= 0.6 is 11.8 Å². The summed E-state index contributed by atoms with van der Waals surface area (Å²) in [5, 5.41) is 15.1. The molecule has 3 aromatic rings. The number of nitrogens with zero attached hydrogens (tertiary/aromatic N) is 4. The first-order chi connectivity index (χ1) is 13.1. The molecule has 1 aromatic heterocycles. The third kappa shape index (κ3) is 5.82. The molecule has 1 heterocycles. The van der Waals surface area contributed by atoms with E-state index < -0.39 is 0 Å². The van der Waals surface area contributed by atoms with E-state index in [1.54, 1.807) is 4.68 Å². The Bertz CT molecular complexity index is 865. The fourth-order valence-electron chi connectivity index (χ4n) is 2.32. The lowest BCUT2D eigenvalue weighted by atomic mass is 10.2. The normalized spacial score (nSPS) is 10.8.